The van der Waals surface area contributed by atoms with Crippen LogP contribution in [0.5, 0.6) is 5.75 Å². The van der Waals surface area contributed by atoms with Gasteiger partial charge in [-0.1, -0.05) is 60.5 Å². The van der Waals surface area contributed by atoms with Gasteiger partial charge < -0.3 is 9.64 Å². The molecule has 1 aliphatic heterocycles. The molecule has 1 aliphatic rings. The fourth-order valence-corrected chi connectivity index (χ4v) is 4.32. The van der Waals surface area contributed by atoms with Gasteiger partial charge in [0.15, 0.2) is 0 Å². The van der Waals surface area contributed by atoms with Gasteiger partial charge in [-0.2, -0.15) is 5.10 Å². The molecule has 0 aliphatic carbocycles. The number of ether oxygens (including phenoxy) is 1. The van der Waals surface area contributed by atoms with Crippen LogP contribution in [0.15, 0.2) is 71.8 Å². The third-order valence-corrected chi connectivity index (χ3v) is 6.55. The first-order valence-electron chi connectivity index (χ1n) is 11.3. The van der Waals surface area contributed by atoms with Crippen LogP contribution >= 0.6 is 23.2 Å². The summed E-state index contributed by atoms with van der Waals surface area (Å²) in [6, 6.07) is 20.4. The molecule has 0 saturated carbocycles. The summed E-state index contributed by atoms with van der Waals surface area (Å²) in [7, 11) is 0. The van der Waals surface area contributed by atoms with Gasteiger partial charge >= 0.3 is 0 Å². The third kappa shape index (κ3) is 6.21. The number of nitrogens with zero attached hydrogens (tertiary/aromatic N) is 2. The lowest BCUT2D eigenvalue weighted by molar-refractivity contribution is -0.126. The number of rotatable bonds is 8. The molecule has 1 heterocycles. The summed E-state index contributed by atoms with van der Waals surface area (Å²) in [4.78, 5) is 26.7. The zero-order chi connectivity index (χ0) is 24.8. The van der Waals surface area contributed by atoms with E-state index in [-0.39, 0.29) is 24.8 Å². The van der Waals surface area contributed by atoms with E-state index in [1.54, 1.807) is 29.2 Å². The van der Waals surface area contributed by atoms with Gasteiger partial charge in [-0.25, -0.2) is 5.43 Å². The highest BCUT2D eigenvalue weighted by molar-refractivity contribution is 6.35. The highest BCUT2D eigenvalue weighted by Gasteiger charge is 2.35. The molecule has 0 aromatic heterocycles. The minimum absolute atomic E-state index is 0.0677. The van der Waals surface area contributed by atoms with Gasteiger partial charge in [0.25, 0.3) is 0 Å². The number of amides is 2. The van der Waals surface area contributed by atoms with Crippen molar-refractivity contribution in [2.45, 2.75) is 26.4 Å². The minimum Gasteiger partial charge on any atom is -0.489 e. The van der Waals surface area contributed by atoms with E-state index in [2.05, 4.69) is 17.5 Å². The average Bonchev–Trinajstić information content (AvgIpc) is 3.25. The molecule has 1 N–H and O–H groups in total. The van der Waals surface area contributed by atoms with Crippen molar-refractivity contribution in [3.8, 4) is 5.75 Å². The van der Waals surface area contributed by atoms with Crippen molar-refractivity contribution in [3.63, 3.8) is 0 Å². The molecule has 1 fully saturated rings. The number of hydrogen-bond acceptors (Lipinski definition) is 4. The van der Waals surface area contributed by atoms with Crippen molar-refractivity contribution in [2.24, 2.45) is 11.0 Å². The van der Waals surface area contributed by atoms with Crippen molar-refractivity contribution in [1.29, 1.82) is 0 Å². The van der Waals surface area contributed by atoms with Crippen molar-refractivity contribution < 1.29 is 14.3 Å². The van der Waals surface area contributed by atoms with Crippen LogP contribution in [-0.2, 0) is 22.6 Å². The molecule has 6 nitrogen and oxygen atoms in total. The van der Waals surface area contributed by atoms with Crippen molar-refractivity contribution in [1.82, 2.24) is 5.43 Å². The first-order valence-corrected chi connectivity index (χ1v) is 12.1. The van der Waals surface area contributed by atoms with E-state index in [1.807, 2.05) is 42.5 Å². The summed E-state index contributed by atoms with van der Waals surface area (Å²) in [5.74, 6) is -0.201. The Morgan fingerprint density at radius 2 is 1.83 bits per heavy atom. The molecule has 4 rings (SSSR count). The Labute approximate surface area is 214 Å². The van der Waals surface area contributed by atoms with Gasteiger partial charge in [0.05, 0.1) is 12.1 Å². The van der Waals surface area contributed by atoms with E-state index in [1.165, 1.54) is 11.8 Å². The van der Waals surface area contributed by atoms with Crippen LogP contribution in [0, 0.1) is 5.92 Å². The zero-order valence-corrected chi connectivity index (χ0v) is 20.7. The lowest BCUT2D eigenvalue weighted by Gasteiger charge is -2.16. The standard InChI is InChI=1S/C27H25Cl2N3O3/c1-2-18-9-11-21(12-10-18)32-16-20(14-26(32)33)27(34)31-30-15-19-5-3-6-22(13-19)35-17-23-24(28)7-4-8-25(23)29/h3-13,15,20H,2,14,16-17H2,1H3,(H,31,34)/b30-15+/t20-/m1/s1. The number of hydrogen-bond donors (Lipinski definition) is 1. The normalized spacial score (nSPS) is 15.6. The third-order valence-electron chi connectivity index (χ3n) is 5.84. The Kier molecular flexibility index (Phi) is 8.06. The number of halogens is 2. The van der Waals surface area contributed by atoms with E-state index >= 15 is 0 Å². The molecule has 180 valence electrons. The predicted octanol–water partition coefficient (Wildman–Crippen LogP) is 5.64. The average molecular weight is 510 g/mol. The number of hydrazone groups is 1. The lowest BCUT2D eigenvalue weighted by atomic mass is 10.1. The van der Waals surface area contributed by atoms with Gasteiger partial charge in [0.2, 0.25) is 11.8 Å². The van der Waals surface area contributed by atoms with Crippen molar-refractivity contribution in [3.05, 3.63) is 93.5 Å². The van der Waals surface area contributed by atoms with E-state index < -0.39 is 5.92 Å². The zero-order valence-electron chi connectivity index (χ0n) is 19.2. The molecule has 0 spiro atoms. The number of nitrogens with one attached hydrogen (secondary N) is 1. The van der Waals surface area contributed by atoms with Gasteiger partial charge in [-0.3, -0.25) is 9.59 Å². The Morgan fingerprint density at radius 3 is 2.54 bits per heavy atom. The second-order valence-electron chi connectivity index (χ2n) is 8.22. The van der Waals surface area contributed by atoms with Crippen LogP contribution in [0.4, 0.5) is 5.69 Å². The number of carbonyl (C=O) groups excluding carboxylic acids is 2. The van der Waals surface area contributed by atoms with Gasteiger partial charge in [0, 0.05) is 34.3 Å². The monoisotopic (exact) mass is 509 g/mol. The van der Waals surface area contributed by atoms with E-state index in [0.717, 1.165) is 17.7 Å². The van der Waals surface area contributed by atoms with Crippen LogP contribution in [0.1, 0.15) is 30.0 Å². The van der Waals surface area contributed by atoms with Crippen LogP contribution in [0.3, 0.4) is 0 Å². The number of carbonyl (C=O) groups is 2. The second-order valence-corrected chi connectivity index (χ2v) is 9.04. The summed E-state index contributed by atoms with van der Waals surface area (Å²) in [5.41, 5.74) is 6.01. The molecule has 3 aromatic rings. The Hall–Kier alpha value is -3.35. The van der Waals surface area contributed by atoms with Crippen LogP contribution in [0.25, 0.3) is 0 Å². The molecule has 1 atom stereocenters. The van der Waals surface area contributed by atoms with Gasteiger partial charge in [0.1, 0.15) is 12.4 Å². The maximum absolute atomic E-state index is 12.6. The topological polar surface area (TPSA) is 71.0 Å². The Balaban J connectivity index is 1.32. The predicted molar refractivity (Wildman–Crippen MR) is 139 cm³/mol. The van der Waals surface area contributed by atoms with E-state index in [4.69, 9.17) is 27.9 Å². The number of anilines is 1. The minimum atomic E-state index is -0.458. The highest BCUT2D eigenvalue weighted by atomic mass is 35.5. The molecular formula is C27H25Cl2N3O3. The lowest BCUT2D eigenvalue weighted by Crippen LogP contribution is -2.30. The molecule has 35 heavy (non-hydrogen) atoms. The quantitative estimate of drug-likeness (QED) is 0.315. The first-order chi connectivity index (χ1) is 16.9. The molecule has 3 aromatic carbocycles. The fourth-order valence-electron chi connectivity index (χ4n) is 3.82. The summed E-state index contributed by atoms with van der Waals surface area (Å²) < 4.78 is 5.82. The largest absolute Gasteiger partial charge is 0.489 e. The Morgan fingerprint density at radius 1 is 1.11 bits per heavy atom. The van der Waals surface area contributed by atoms with Crippen LogP contribution in [0.2, 0.25) is 10.0 Å². The molecule has 8 heteroatoms. The van der Waals surface area contributed by atoms with Crippen LogP contribution < -0.4 is 15.1 Å². The molecule has 0 unspecified atom stereocenters. The Bertz CT molecular complexity index is 1220. The van der Waals surface area contributed by atoms with Crippen molar-refractivity contribution >= 4 is 46.9 Å². The van der Waals surface area contributed by atoms with E-state index in [9.17, 15) is 9.59 Å². The molecule has 2 amide bonds. The smallest absolute Gasteiger partial charge is 0.245 e. The maximum atomic E-state index is 12.6. The maximum Gasteiger partial charge on any atom is 0.245 e. The van der Waals surface area contributed by atoms with Crippen molar-refractivity contribution in [2.75, 3.05) is 11.4 Å². The second kappa shape index (κ2) is 11.4. The van der Waals surface area contributed by atoms with Gasteiger partial charge in [-0.15, -0.1) is 0 Å². The molecule has 0 radical (unpaired) electrons. The summed E-state index contributed by atoms with van der Waals surface area (Å²) in [5, 5.41) is 5.15. The SMILES string of the molecule is CCc1ccc(N2C[C@H](C(=O)N/N=C/c3cccc(OCc4c(Cl)cccc4Cl)c3)CC2=O)cc1. The number of aryl methyl sites for hydroxylation is 1. The fraction of sp³-hybridized carbons (Fsp3) is 0.222. The van der Waals surface area contributed by atoms with Gasteiger partial charge in [-0.05, 0) is 53.9 Å². The molecule has 0 bridgehead atoms. The summed E-state index contributed by atoms with van der Waals surface area (Å²) in [6.45, 7) is 2.64. The highest BCUT2D eigenvalue weighted by Crippen LogP contribution is 2.27. The van der Waals surface area contributed by atoms with Crippen LogP contribution in [-0.4, -0.2) is 24.6 Å². The first kappa shape index (κ1) is 24.8. The summed E-state index contributed by atoms with van der Waals surface area (Å²) >= 11 is 12.4. The van der Waals surface area contributed by atoms with E-state index in [0.29, 0.717) is 27.9 Å². The molecular weight excluding hydrogens is 485 g/mol. The molecule has 1 saturated heterocycles. The number of benzene rings is 3. The summed E-state index contributed by atoms with van der Waals surface area (Å²) in [6.07, 6.45) is 2.62.